The van der Waals surface area contributed by atoms with Crippen LogP contribution >= 0.6 is 11.8 Å². The Bertz CT molecular complexity index is 934. The van der Waals surface area contributed by atoms with Gasteiger partial charge in [-0.15, -0.1) is 11.8 Å². The zero-order valence-electron chi connectivity index (χ0n) is 15.3. The lowest BCUT2D eigenvalue weighted by atomic mass is 10.0. The van der Waals surface area contributed by atoms with Crippen molar-refractivity contribution in [2.75, 3.05) is 18.7 Å². The van der Waals surface area contributed by atoms with E-state index in [9.17, 15) is 4.79 Å². The van der Waals surface area contributed by atoms with E-state index in [2.05, 4.69) is 5.32 Å². The zero-order valence-corrected chi connectivity index (χ0v) is 16.1. The van der Waals surface area contributed by atoms with Crippen LogP contribution in [0.4, 0.5) is 5.69 Å². The Morgan fingerprint density at radius 3 is 2.37 bits per heavy atom. The molecule has 4 heteroatoms. The van der Waals surface area contributed by atoms with E-state index in [-0.39, 0.29) is 5.91 Å². The van der Waals surface area contributed by atoms with Crippen molar-refractivity contribution in [1.29, 1.82) is 0 Å². The lowest BCUT2D eigenvalue weighted by molar-refractivity contribution is -0.111. The number of hydrogen-bond acceptors (Lipinski definition) is 3. The maximum atomic E-state index is 13.0. The van der Waals surface area contributed by atoms with Crippen LogP contribution in [0.2, 0.25) is 0 Å². The van der Waals surface area contributed by atoms with Crippen molar-refractivity contribution in [2.24, 2.45) is 0 Å². The minimum atomic E-state index is -0.143. The van der Waals surface area contributed by atoms with Crippen LogP contribution in [0.1, 0.15) is 11.1 Å². The van der Waals surface area contributed by atoms with Crippen molar-refractivity contribution >= 4 is 35.0 Å². The molecular formula is C23H21NO2S. The van der Waals surface area contributed by atoms with Gasteiger partial charge in [0.15, 0.2) is 0 Å². The average Bonchev–Trinajstić information content (AvgIpc) is 2.73. The number of ether oxygens (including phenoxy) is 1. The molecule has 0 unspecified atom stereocenters. The molecule has 0 spiro atoms. The average molecular weight is 375 g/mol. The SMILES string of the molecule is COc1ccc(/C=C(/C(=O)Nc2cccc(SC)c2)c2ccccc2)cc1. The van der Waals surface area contributed by atoms with Gasteiger partial charge in [-0.2, -0.15) is 0 Å². The molecule has 1 N–H and O–H groups in total. The first-order chi connectivity index (χ1) is 13.2. The lowest BCUT2D eigenvalue weighted by Gasteiger charge is -2.11. The van der Waals surface area contributed by atoms with Crippen molar-refractivity contribution in [3.05, 3.63) is 90.0 Å². The number of rotatable bonds is 6. The molecule has 0 aromatic heterocycles. The largest absolute Gasteiger partial charge is 0.497 e. The first-order valence-corrected chi connectivity index (χ1v) is 9.78. The molecule has 0 radical (unpaired) electrons. The highest BCUT2D eigenvalue weighted by Crippen LogP contribution is 2.24. The third-order valence-electron chi connectivity index (χ3n) is 4.08. The van der Waals surface area contributed by atoms with Crippen LogP contribution < -0.4 is 10.1 Å². The number of nitrogens with one attached hydrogen (secondary N) is 1. The number of hydrogen-bond donors (Lipinski definition) is 1. The van der Waals surface area contributed by atoms with Gasteiger partial charge in [0.05, 0.1) is 7.11 Å². The Balaban J connectivity index is 1.93. The van der Waals surface area contributed by atoms with Gasteiger partial charge in [0.25, 0.3) is 5.91 Å². The molecule has 27 heavy (non-hydrogen) atoms. The summed E-state index contributed by atoms with van der Waals surface area (Å²) in [6.07, 6.45) is 3.91. The summed E-state index contributed by atoms with van der Waals surface area (Å²) in [5.74, 6) is 0.641. The molecule has 0 aliphatic heterocycles. The maximum absolute atomic E-state index is 13.0. The second kappa shape index (κ2) is 9.10. The van der Waals surface area contributed by atoms with Crippen molar-refractivity contribution in [2.45, 2.75) is 4.90 Å². The third kappa shape index (κ3) is 5.02. The number of methoxy groups -OCH3 is 1. The molecule has 0 atom stereocenters. The van der Waals surface area contributed by atoms with E-state index in [1.54, 1.807) is 18.9 Å². The van der Waals surface area contributed by atoms with Gasteiger partial charge in [0.2, 0.25) is 0 Å². The molecule has 0 fully saturated rings. The number of amides is 1. The van der Waals surface area contributed by atoms with Gasteiger partial charge in [0, 0.05) is 16.2 Å². The predicted molar refractivity (Wildman–Crippen MR) is 114 cm³/mol. The summed E-state index contributed by atoms with van der Waals surface area (Å²) in [4.78, 5) is 14.1. The van der Waals surface area contributed by atoms with Crippen LogP contribution in [0.15, 0.2) is 83.8 Å². The summed E-state index contributed by atoms with van der Waals surface area (Å²) in [7, 11) is 1.64. The van der Waals surface area contributed by atoms with Gasteiger partial charge in [-0.05, 0) is 53.8 Å². The van der Waals surface area contributed by atoms with Gasteiger partial charge in [-0.25, -0.2) is 0 Å². The van der Waals surface area contributed by atoms with Crippen LogP contribution in [-0.2, 0) is 4.79 Å². The molecule has 0 heterocycles. The van der Waals surface area contributed by atoms with Gasteiger partial charge in [-0.3, -0.25) is 4.79 Å². The Kier molecular flexibility index (Phi) is 6.34. The minimum Gasteiger partial charge on any atom is -0.497 e. The molecule has 0 saturated heterocycles. The molecule has 0 saturated carbocycles. The smallest absolute Gasteiger partial charge is 0.256 e. The maximum Gasteiger partial charge on any atom is 0.256 e. The van der Waals surface area contributed by atoms with Crippen LogP contribution in [0.5, 0.6) is 5.75 Å². The second-order valence-corrected chi connectivity index (χ2v) is 6.76. The fourth-order valence-corrected chi connectivity index (χ4v) is 3.12. The molecule has 3 rings (SSSR count). The van der Waals surface area contributed by atoms with Crippen LogP contribution in [-0.4, -0.2) is 19.3 Å². The number of thioether (sulfide) groups is 1. The molecular weight excluding hydrogens is 354 g/mol. The number of carbonyl (C=O) groups excluding carboxylic acids is 1. The molecule has 136 valence electrons. The first kappa shape index (κ1) is 18.8. The summed E-state index contributed by atoms with van der Waals surface area (Å²) in [5.41, 5.74) is 3.19. The second-order valence-electron chi connectivity index (χ2n) is 5.88. The molecule has 3 aromatic rings. The van der Waals surface area contributed by atoms with E-state index in [1.807, 2.05) is 91.2 Å². The molecule has 0 aliphatic carbocycles. The van der Waals surface area contributed by atoms with Crippen molar-refractivity contribution < 1.29 is 9.53 Å². The Morgan fingerprint density at radius 2 is 1.70 bits per heavy atom. The summed E-state index contributed by atoms with van der Waals surface area (Å²) >= 11 is 1.64. The molecule has 0 aliphatic rings. The quantitative estimate of drug-likeness (QED) is 0.346. The van der Waals surface area contributed by atoms with E-state index in [0.717, 1.165) is 27.5 Å². The van der Waals surface area contributed by atoms with E-state index >= 15 is 0 Å². The van der Waals surface area contributed by atoms with Gasteiger partial charge in [-0.1, -0.05) is 48.5 Å². The topological polar surface area (TPSA) is 38.3 Å². The molecule has 1 amide bonds. The van der Waals surface area contributed by atoms with Crippen LogP contribution in [0.25, 0.3) is 11.6 Å². The Labute approximate surface area is 164 Å². The first-order valence-electron chi connectivity index (χ1n) is 8.56. The van der Waals surface area contributed by atoms with Crippen molar-refractivity contribution in [3.63, 3.8) is 0 Å². The highest BCUT2D eigenvalue weighted by molar-refractivity contribution is 7.98. The predicted octanol–water partition coefficient (Wildman–Crippen LogP) is 5.60. The zero-order chi connectivity index (χ0) is 19.1. The van der Waals surface area contributed by atoms with E-state index in [1.165, 1.54) is 0 Å². The van der Waals surface area contributed by atoms with Crippen molar-refractivity contribution in [3.8, 4) is 5.75 Å². The summed E-state index contributed by atoms with van der Waals surface area (Å²) in [5, 5.41) is 3.01. The number of carbonyl (C=O) groups is 1. The summed E-state index contributed by atoms with van der Waals surface area (Å²) < 4.78 is 5.21. The minimum absolute atomic E-state index is 0.143. The van der Waals surface area contributed by atoms with Gasteiger partial charge in [0.1, 0.15) is 5.75 Å². The Hall–Kier alpha value is -2.98. The fourth-order valence-electron chi connectivity index (χ4n) is 2.66. The molecule has 3 aromatic carbocycles. The van der Waals surface area contributed by atoms with Crippen molar-refractivity contribution in [1.82, 2.24) is 0 Å². The third-order valence-corrected chi connectivity index (χ3v) is 4.81. The summed E-state index contributed by atoms with van der Waals surface area (Å²) in [6.45, 7) is 0. The molecule has 3 nitrogen and oxygen atoms in total. The van der Waals surface area contributed by atoms with E-state index in [4.69, 9.17) is 4.74 Å². The summed E-state index contributed by atoms with van der Waals surface area (Å²) in [6, 6.07) is 25.1. The van der Waals surface area contributed by atoms with Gasteiger partial charge < -0.3 is 10.1 Å². The Morgan fingerprint density at radius 1 is 0.963 bits per heavy atom. The van der Waals surface area contributed by atoms with E-state index < -0.39 is 0 Å². The van der Waals surface area contributed by atoms with Crippen LogP contribution in [0.3, 0.4) is 0 Å². The van der Waals surface area contributed by atoms with E-state index in [0.29, 0.717) is 5.57 Å². The number of benzene rings is 3. The molecule has 0 bridgehead atoms. The highest BCUT2D eigenvalue weighted by Gasteiger charge is 2.13. The van der Waals surface area contributed by atoms with Gasteiger partial charge >= 0.3 is 0 Å². The van der Waals surface area contributed by atoms with Crippen LogP contribution in [0, 0.1) is 0 Å². The number of anilines is 1. The standard InChI is InChI=1S/C23H21NO2S/c1-26-20-13-11-17(12-14-20)15-22(18-7-4-3-5-8-18)23(25)24-19-9-6-10-21(16-19)27-2/h3-16H,1-2H3,(H,24,25)/b22-15+. The fraction of sp³-hybridized carbons (Fsp3) is 0.0870. The normalized spacial score (nSPS) is 11.1. The lowest BCUT2D eigenvalue weighted by Crippen LogP contribution is -2.13. The monoisotopic (exact) mass is 375 g/mol. The highest BCUT2D eigenvalue weighted by atomic mass is 32.2.